The average molecular weight is 462 g/mol. The molecule has 5 rings (SSSR count). The van der Waals surface area contributed by atoms with Gasteiger partial charge in [0.1, 0.15) is 5.82 Å². The van der Waals surface area contributed by atoms with Gasteiger partial charge in [-0.05, 0) is 53.7 Å². The Balaban J connectivity index is 1.48. The molecular formula is C25H17ClFN3OS. The molecule has 0 bridgehead atoms. The molecule has 0 saturated carbocycles. The summed E-state index contributed by atoms with van der Waals surface area (Å²) in [5.41, 5.74) is 3.57. The fourth-order valence-electron chi connectivity index (χ4n) is 3.58. The van der Waals surface area contributed by atoms with Gasteiger partial charge in [-0.25, -0.2) is 9.38 Å². The van der Waals surface area contributed by atoms with Crippen LogP contribution in [0.1, 0.15) is 11.1 Å². The van der Waals surface area contributed by atoms with Crippen molar-refractivity contribution in [1.29, 1.82) is 0 Å². The Morgan fingerprint density at radius 1 is 1.03 bits per heavy atom. The largest absolute Gasteiger partial charge is 0.342 e. The van der Waals surface area contributed by atoms with Crippen LogP contribution in [0.5, 0.6) is 0 Å². The first-order chi connectivity index (χ1) is 15.6. The molecule has 0 radical (unpaired) electrons. The van der Waals surface area contributed by atoms with E-state index in [1.807, 2.05) is 48.7 Å². The first kappa shape index (κ1) is 20.5. The van der Waals surface area contributed by atoms with E-state index in [0.717, 1.165) is 22.0 Å². The van der Waals surface area contributed by atoms with Crippen LogP contribution in [0.25, 0.3) is 17.0 Å². The molecular weight excluding hydrogens is 445 g/mol. The summed E-state index contributed by atoms with van der Waals surface area (Å²) < 4.78 is 15.4. The summed E-state index contributed by atoms with van der Waals surface area (Å²) in [5, 5.41) is 4.85. The molecule has 32 heavy (non-hydrogen) atoms. The number of amides is 1. The van der Waals surface area contributed by atoms with Gasteiger partial charge in [-0.15, -0.1) is 0 Å². The van der Waals surface area contributed by atoms with Gasteiger partial charge in [0, 0.05) is 29.2 Å². The topological polar surface area (TPSA) is 46.4 Å². The molecule has 1 aliphatic rings. The third kappa shape index (κ3) is 4.20. The Bertz CT molecular complexity index is 1390. The van der Waals surface area contributed by atoms with E-state index < -0.39 is 0 Å². The van der Waals surface area contributed by atoms with Gasteiger partial charge in [-0.2, -0.15) is 0 Å². The second-order valence-electron chi connectivity index (χ2n) is 7.29. The Morgan fingerprint density at radius 2 is 1.78 bits per heavy atom. The molecule has 3 aromatic carbocycles. The van der Waals surface area contributed by atoms with Crippen molar-refractivity contribution in [1.82, 2.24) is 9.88 Å². The van der Waals surface area contributed by atoms with Crippen LogP contribution in [-0.4, -0.2) is 15.6 Å². The van der Waals surface area contributed by atoms with Crippen molar-refractivity contribution in [3.05, 3.63) is 106 Å². The minimum Gasteiger partial charge on any atom is -0.342 e. The number of fused-ring (bicyclic) bond motifs is 1. The predicted octanol–water partition coefficient (Wildman–Crippen LogP) is 6.37. The van der Waals surface area contributed by atoms with Crippen molar-refractivity contribution in [2.45, 2.75) is 6.54 Å². The van der Waals surface area contributed by atoms with Gasteiger partial charge in [0.05, 0.1) is 15.6 Å². The maximum atomic E-state index is 13.3. The lowest BCUT2D eigenvalue weighted by atomic mass is 10.1. The number of aliphatic imine (C=N–C) groups is 1. The van der Waals surface area contributed by atoms with Crippen molar-refractivity contribution >= 4 is 57.1 Å². The molecule has 0 spiro atoms. The number of nitrogens with one attached hydrogen (secondary N) is 1. The fraction of sp³-hybridized carbons (Fsp3) is 0.0400. The van der Waals surface area contributed by atoms with E-state index in [9.17, 15) is 9.18 Å². The van der Waals surface area contributed by atoms with Crippen LogP contribution >= 0.6 is 23.4 Å². The summed E-state index contributed by atoms with van der Waals surface area (Å²) in [7, 11) is 0. The van der Waals surface area contributed by atoms with E-state index >= 15 is 0 Å². The third-order valence-corrected chi connectivity index (χ3v) is 6.33. The third-order valence-electron chi connectivity index (χ3n) is 5.10. The van der Waals surface area contributed by atoms with E-state index in [2.05, 4.69) is 14.9 Å². The molecule has 4 nitrogen and oxygen atoms in total. The zero-order valence-corrected chi connectivity index (χ0v) is 18.3. The molecule has 1 aliphatic heterocycles. The molecule has 1 aromatic heterocycles. The maximum Gasteiger partial charge on any atom is 0.264 e. The minimum atomic E-state index is -0.255. The van der Waals surface area contributed by atoms with E-state index in [1.165, 1.54) is 23.9 Å². The van der Waals surface area contributed by atoms with Gasteiger partial charge >= 0.3 is 0 Å². The molecule has 1 N–H and O–H groups in total. The molecule has 0 aliphatic carbocycles. The second-order valence-corrected chi connectivity index (χ2v) is 8.73. The smallest absolute Gasteiger partial charge is 0.264 e. The van der Waals surface area contributed by atoms with Gasteiger partial charge in [-0.3, -0.25) is 4.79 Å². The number of nitrogens with zero attached hydrogens (tertiary/aromatic N) is 2. The lowest BCUT2D eigenvalue weighted by molar-refractivity contribution is -0.115. The SMILES string of the molecule is O=C1NC(=Nc2ccccc2Cl)S/C1=C/c1cn(Cc2ccc(F)cc2)c2ccccc12. The van der Waals surface area contributed by atoms with Crippen molar-refractivity contribution < 1.29 is 9.18 Å². The van der Waals surface area contributed by atoms with Crippen molar-refractivity contribution in [3.8, 4) is 0 Å². The summed E-state index contributed by atoms with van der Waals surface area (Å²) in [6.07, 6.45) is 3.89. The van der Waals surface area contributed by atoms with Crippen molar-refractivity contribution in [2.24, 2.45) is 4.99 Å². The first-order valence-electron chi connectivity index (χ1n) is 9.93. The minimum absolute atomic E-state index is 0.198. The van der Waals surface area contributed by atoms with Gasteiger partial charge in [0.25, 0.3) is 5.91 Å². The Kier molecular flexibility index (Phi) is 5.55. The highest BCUT2D eigenvalue weighted by molar-refractivity contribution is 8.18. The second kappa shape index (κ2) is 8.65. The number of thioether (sulfide) groups is 1. The number of carbonyl (C=O) groups is 1. The summed E-state index contributed by atoms with van der Waals surface area (Å²) >= 11 is 7.46. The van der Waals surface area contributed by atoms with Crippen LogP contribution in [0, 0.1) is 5.82 Å². The molecule has 7 heteroatoms. The number of hydrogen-bond donors (Lipinski definition) is 1. The van der Waals surface area contributed by atoms with Gasteiger partial charge < -0.3 is 9.88 Å². The molecule has 1 saturated heterocycles. The van der Waals surface area contributed by atoms with Crippen LogP contribution in [0.2, 0.25) is 5.02 Å². The van der Waals surface area contributed by atoms with E-state index in [-0.39, 0.29) is 11.7 Å². The number of para-hydroxylation sites is 2. The summed E-state index contributed by atoms with van der Waals surface area (Å²) in [5.74, 6) is -0.453. The van der Waals surface area contributed by atoms with Crippen LogP contribution in [0.4, 0.5) is 10.1 Å². The summed E-state index contributed by atoms with van der Waals surface area (Å²) in [4.78, 5) is 17.6. The molecule has 0 atom stereocenters. The van der Waals surface area contributed by atoms with Crippen molar-refractivity contribution in [2.75, 3.05) is 0 Å². The Labute approximate surface area is 193 Å². The van der Waals surface area contributed by atoms with Crippen LogP contribution in [-0.2, 0) is 11.3 Å². The van der Waals surface area contributed by atoms with E-state index in [4.69, 9.17) is 11.6 Å². The van der Waals surface area contributed by atoms with Crippen LogP contribution < -0.4 is 5.32 Å². The van der Waals surface area contributed by atoms with Crippen LogP contribution in [0.3, 0.4) is 0 Å². The molecule has 1 fully saturated rings. The molecule has 2 heterocycles. The molecule has 1 amide bonds. The van der Waals surface area contributed by atoms with Crippen LogP contribution in [0.15, 0.2) is 88.9 Å². The number of hydrogen-bond acceptors (Lipinski definition) is 3. The summed E-state index contributed by atoms with van der Waals surface area (Å²) in [6, 6.07) is 21.7. The summed E-state index contributed by atoms with van der Waals surface area (Å²) in [6.45, 7) is 0.600. The molecule has 0 unspecified atom stereocenters. The maximum absolute atomic E-state index is 13.3. The number of aromatic nitrogens is 1. The number of benzene rings is 3. The monoisotopic (exact) mass is 461 g/mol. The highest BCUT2D eigenvalue weighted by Crippen LogP contribution is 2.32. The fourth-order valence-corrected chi connectivity index (χ4v) is 4.58. The standard InChI is InChI=1S/C25H17ClFN3OS/c26-20-6-2-3-7-21(20)28-25-29-24(31)23(32-25)13-17-15-30(22-8-4-1-5-19(17)22)14-16-9-11-18(27)12-10-16/h1-13,15H,14H2,(H,28,29,31)/b23-13+. The molecule has 4 aromatic rings. The lowest BCUT2D eigenvalue weighted by Crippen LogP contribution is -2.19. The highest BCUT2D eigenvalue weighted by Gasteiger charge is 2.24. The van der Waals surface area contributed by atoms with E-state index in [1.54, 1.807) is 24.3 Å². The van der Waals surface area contributed by atoms with E-state index in [0.29, 0.717) is 27.3 Å². The quantitative estimate of drug-likeness (QED) is 0.359. The predicted molar refractivity (Wildman–Crippen MR) is 130 cm³/mol. The lowest BCUT2D eigenvalue weighted by Gasteiger charge is -2.05. The molecule has 158 valence electrons. The number of halogens is 2. The first-order valence-corrected chi connectivity index (χ1v) is 11.1. The number of amidine groups is 1. The van der Waals surface area contributed by atoms with Gasteiger partial charge in [0.15, 0.2) is 5.17 Å². The number of carbonyl (C=O) groups excluding carboxylic acids is 1. The van der Waals surface area contributed by atoms with Gasteiger partial charge in [0.2, 0.25) is 0 Å². The number of rotatable bonds is 4. The zero-order valence-electron chi connectivity index (χ0n) is 16.8. The average Bonchev–Trinajstić information content (AvgIpc) is 3.31. The Morgan fingerprint density at radius 3 is 2.59 bits per heavy atom. The highest BCUT2D eigenvalue weighted by atomic mass is 35.5. The Hall–Kier alpha value is -3.35. The normalized spacial score (nSPS) is 16.2. The zero-order chi connectivity index (χ0) is 22.1. The van der Waals surface area contributed by atoms with Crippen molar-refractivity contribution in [3.63, 3.8) is 0 Å². The van der Waals surface area contributed by atoms with Gasteiger partial charge in [-0.1, -0.05) is 54.1 Å².